The summed E-state index contributed by atoms with van der Waals surface area (Å²) >= 11 is 1.42. The van der Waals surface area contributed by atoms with Gasteiger partial charge in [-0.25, -0.2) is 8.42 Å². The van der Waals surface area contributed by atoms with Crippen molar-refractivity contribution in [2.75, 3.05) is 31.6 Å². The smallest absolute Gasteiger partial charge is 0.243 e. The number of nitrogens with zero attached hydrogens (tertiary/aromatic N) is 1. The van der Waals surface area contributed by atoms with Crippen LogP contribution in [-0.4, -0.2) is 50.2 Å². The summed E-state index contributed by atoms with van der Waals surface area (Å²) in [6, 6.07) is 12.0. The zero-order chi connectivity index (χ0) is 21.8. The first-order valence-corrected chi connectivity index (χ1v) is 12.7. The fraction of sp³-hybridized carbons (Fsp3) is 0.409. The number of amides is 1. The van der Waals surface area contributed by atoms with Gasteiger partial charge in [-0.05, 0) is 62.2 Å². The number of carbonyl (C=O) groups excluding carboxylic acids is 1. The van der Waals surface area contributed by atoms with Crippen LogP contribution in [0.2, 0.25) is 0 Å². The summed E-state index contributed by atoms with van der Waals surface area (Å²) < 4.78 is 38.1. The summed E-state index contributed by atoms with van der Waals surface area (Å²) in [7, 11) is -3.46. The van der Waals surface area contributed by atoms with E-state index in [2.05, 4.69) is 5.32 Å². The number of carbonyl (C=O) groups is 1. The highest BCUT2D eigenvalue weighted by Gasteiger charge is 2.27. The SMILES string of the molecule is C[C@@H](Sc1ccc2c(c1)OCCCO2)C(=O)Nc1ccc(S(=O)(=O)N2CCCC2)cc1. The number of thioether (sulfide) groups is 1. The van der Waals surface area contributed by atoms with E-state index in [4.69, 9.17) is 9.47 Å². The molecule has 1 N–H and O–H groups in total. The highest BCUT2D eigenvalue weighted by atomic mass is 32.2. The number of sulfonamides is 1. The van der Waals surface area contributed by atoms with Crippen molar-refractivity contribution < 1.29 is 22.7 Å². The molecule has 0 aliphatic carbocycles. The fourth-order valence-corrected chi connectivity index (χ4v) is 5.92. The van der Waals surface area contributed by atoms with Crippen LogP contribution in [0, 0.1) is 0 Å². The van der Waals surface area contributed by atoms with Crippen LogP contribution in [0.3, 0.4) is 0 Å². The second-order valence-corrected chi connectivity index (χ2v) is 10.9. The monoisotopic (exact) mass is 462 g/mol. The van der Waals surface area contributed by atoms with Crippen LogP contribution < -0.4 is 14.8 Å². The molecule has 0 radical (unpaired) electrons. The van der Waals surface area contributed by atoms with Crippen LogP contribution in [0.5, 0.6) is 11.5 Å². The normalized spacial score (nSPS) is 17.7. The zero-order valence-electron chi connectivity index (χ0n) is 17.4. The van der Waals surface area contributed by atoms with Crippen molar-refractivity contribution in [1.29, 1.82) is 0 Å². The average molecular weight is 463 g/mol. The molecule has 9 heteroatoms. The van der Waals surface area contributed by atoms with Crippen molar-refractivity contribution >= 4 is 33.4 Å². The van der Waals surface area contributed by atoms with Gasteiger partial charge in [0.05, 0.1) is 23.4 Å². The van der Waals surface area contributed by atoms with E-state index in [-0.39, 0.29) is 16.1 Å². The fourth-order valence-electron chi connectivity index (χ4n) is 3.51. The maximum Gasteiger partial charge on any atom is 0.243 e. The van der Waals surface area contributed by atoms with Crippen molar-refractivity contribution in [3.05, 3.63) is 42.5 Å². The Hall–Kier alpha value is -2.23. The molecular formula is C22H26N2O5S2. The number of ether oxygens (including phenoxy) is 2. The topological polar surface area (TPSA) is 84.9 Å². The van der Waals surface area contributed by atoms with Gasteiger partial charge in [0.15, 0.2) is 11.5 Å². The number of hydrogen-bond donors (Lipinski definition) is 1. The van der Waals surface area contributed by atoms with Crippen molar-refractivity contribution in [3.8, 4) is 11.5 Å². The molecule has 1 atom stereocenters. The molecule has 2 aromatic carbocycles. The lowest BCUT2D eigenvalue weighted by Gasteiger charge is -2.16. The highest BCUT2D eigenvalue weighted by Crippen LogP contribution is 2.35. The Morgan fingerprint density at radius 3 is 2.39 bits per heavy atom. The predicted octanol–water partition coefficient (Wildman–Crippen LogP) is 3.75. The largest absolute Gasteiger partial charge is 0.490 e. The molecule has 31 heavy (non-hydrogen) atoms. The summed E-state index contributed by atoms with van der Waals surface area (Å²) in [5.41, 5.74) is 0.566. The van der Waals surface area contributed by atoms with Gasteiger partial charge in [-0.15, -0.1) is 11.8 Å². The van der Waals surface area contributed by atoms with Crippen LogP contribution in [0.4, 0.5) is 5.69 Å². The van der Waals surface area contributed by atoms with E-state index in [1.54, 1.807) is 24.3 Å². The molecule has 1 saturated heterocycles. The molecule has 0 spiro atoms. The molecule has 2 aliphatic rings. The number of nitrogens with one attached hydrogen (secondary N) is 1. The van der Waals surface area contributed by atoms with E-state index < -0.39 is 10.0 Å². The van der Waals surface area contributed by atoms with Crippen LogP contribution in [-0.2, 0) is 14.8 Å². The van der Waals surface area contributed by atoms with Gasteiger partial charge >= 0.3 is 0 Å². The molecule has 1 fully saturated rings. The van der Waals surface area contributed by atoms with Gasteiger partial charge in [-0.2, -0.15) is 4.31 Å². The number of anilines is 1. The van der Waals surface area contributed by atoms with Crippen LogP contribution in [0.25, 0.3) is 0 Å². The second-order valence-electron chi connectivity index (χ2n) is 7.54. The molecule has 2 aliphatic heterocycles. The highest BCUT2D eigenvalue weighted by molar-refractivity contribution is 8.00. The minimum atomic E-state index is -3.46. The van der Waals surface area contributed by atoms with Gasteiger partial charge in [-0.3, -0.25) is 4.79 Å². The molecule has 0 aromatic heterocycles. The summed E-state index contributed by atoms with van der Waals surface area (Å²) in [4.78, 5) is 13.8. The standard InChI is InChI=1S/C22H26N2O5S2/c1-16(30-18-7-10-20-21(15-18)29-14-4-13-28-20)22(25)23-17-5-8-19(9-6-17)31(26,27)24-11-2-3-12-24/h5-10,15-16H,2-4,11-14H2,1H3,(H,23,25)/t16-/m1/s1. The van der Waals surface area contributed by atoms with E-state index in [9.17, 15) is 13.2 Å². The van der Waals surface area contributed by atoms with E-state index in [1.165, 1.54) is 16.1 Å². The Morgan fingerprint density at radius 2 is 1.68 bits per heavy atom. The van der Waals surface area contributed by atoms with Gasteiger partial charge in [0.25, 0.3) is 0 Å². The van der Waals surface area contributed by atoms with Crippen molar-refractivity contribution in [2.45, 2.75) is 41.2 Å². The van der Waals surface area contributed by atoms with Crippen LogP contribution in [0.1, 0.15) is 26.2 Å². The molecule has 2 heterocycles. The van der Waals surface area contributed by atoms with E-state index in [1.807, 2.05) is 25.1 Å². The lowest BCUT2D eigenvalue weighted by molar-refractivity contribution is -0.115. The summed E-state index contributed by atoms with van der Waals surface area (Å²) in [5, 5.41) is 2.51. The van der Waals surface area contributed by atoms with Crippen LogP contribution in [0.15, 0.2) is 52.3 Å². The number of benzene rings is 2. The Labute approximate surface area is 187 Å². The van der Waals surface area contributed by atoms with Crippen molar-refractivity contribution in [1.82, 2.24) is 4.31 Å². The predicted molar refractivity (Wildman–Crippen MR) is 120 cm³/mol. The number of hydrogen-bond acceptors (Lipinski definition) is 6. The van der Waals surface area contributed by atoms with Crippen LogP contribution >= 0.6 is 11.8 Å². The summed E-state index contributed by atoms with van der Waals surface area (Å²) in [6.07, 6.45) is 2.63. The molecular weight excluding hydrogens is 436 g/mol. The molecule has 0 unspecified atom stereocenters. The van der Waals surface area contributed by atoms with E-state index in [0.29, 0.717) is 37.7 Å². The maximum atomic E-state index is 12.6. The third-order valence-corrected chi connectivity index (χ3v) is 8.23. The summed E-state index contributed by atoms with van der Waals surface area (Å²) in [6.45, 7) is 4.21. The molecule has 0 saturated carbocycles. The minimum Gasteiger partial charge on any atom is -0.490 e. The Bertz CT molecular complexity index is 1030. The molecule has 2 aromatic rings. The lowest BCUT2D eigenvalue weighted by Crippen LogP contribution is -2.27. The third-order valence-electron chi connectivity index (χ3n) is 5.23. The van der Waals surface area contributed by atoms with E-state index in [0.717, 1.165) is 29.9 Å². The van der Waals surface area contributed by atoms with Gasteiger partial charge < -0.3 is 14.8 Å². The van der Waals surface area contributed by atoms with Gasteiger partial charge in [0.1, 0.15) is 0 Å². The van der Waals surface area contributed by atoms with Gasteiger partial charge in [0.2, 0.25) is 15.9 Å². The Morgan fingerprint density at radius 1 is 1.00 bits per heavy atom. The maximum absolute atomic E-state index is 12.6. The average Bonchev–Trinajstić information content (AvgIpc) is 3.21. The van der Waals surface area contributed by atoms with E-state index >= 15 is 0 Å². The second kappa shape index (κ2) is 9.50. The minimum absolute atomic E-state index is 0.160. The zero-order valence-corrected chi connectivity index (χ0v) is 19.0. The first-order chi connectivity index (χ1) is 14.9. The summed E-state index contributed by atoms with van der Waals surface area (Å²) in [5.74, 6) is 1.26. The number of rotatable bonds is 6. The van der Waals surface area contributed by atoms with Crippen molar-refractivity contribution in [2.24, 2.45) is 0 Å². The lowest BCUT2D eigenvalue weighted by atomic mass is 10.3. The molecule has 0 bridgehead atoms. The third kappa shape index (κ3) is 5.16. The molecule has 4 rings (SSSR count). The molecule has 1 amide bonds. The number of fused-ring (bicyclic) bond motifs is 1. The quantitative estimate of drug-likeness (QED) is 0.658. The molecule has 7 nitrogen and oxygen atoms in total. The van der Waals surface area contributed by atoms with Crippen molar-refractivity contribution in [3.63, 3.8) is 0 Å². The van der Waals surface area contributed by atoms with Gasteiger partial charge in [-0.1, -0.05) is 0 Å². The molecule has 166 valence electrons. The first-order valence-electron chi connectivity index (χ1n) is 10.4. The van der Waals surface area contributed by atoms with Gasteiger partial charge in [0, 0.05) is 30.1 Å². The first kappa shape index (κ1) is 22.0. The Balaban J connectivity index is 1.37. The Kier molecular flexibility index (Phi) is 6.74.